The third-order valence-corrected chi connectivity index (χ3v) is 3.52. The Balaban J connectivity index is 2.14. The van der Waals surface area contributed by atoms with Crippen LogP contribution in [0.15, 0.2) is 24.3 Å². The largest absolute Gasteiger partial charge is 0.480 e. The molecule has 1 N–H and O–H groups in total. The van der Waals surface area contributed by atoms with E-state index >= 15 is 0 Å². The van der Waals surface area contributed by atoms with Gasteiger partial charge in [-0.15, -0.1) is 0 Å². The topological polar surface area (TPSA) is 57.6 Å². The van der Waals surface area contributed by atoms with E-state index in [9.17, 15) is 22.8 Å². The number of benzene rings is 1. The van der Waals surface area contributed by atoms with Gasteiger partial charge in [0.1, 0.15) is 6.54 Å². The number of halogens is 3. The molecule has 0 aliphatic heterocycles. The quantitative estimate of drug-likeness (QED) is 0.928. The number of carboxylic acid groups (broad SMARTS) is 1. The molecule has 1 aliphatic rings. The molecule has 0 radical (unpaired) electrons. The van der Waals surface area contributed by atoms with Crippen LogP contribution in [0.5, 0.6) is 0 Å². The average molecular weight is 301 g/mol. The Hall–Kier alpha value is -2.05. The highest BCUT2D eigenvalue weighted by atomic mass is 19.4. The zero-order chi connectivity index (χ0) is 15.8. The first-order valence-electron chi connectivity index (χ1n) is 6.34. The smallest absolute Gasteiger partial charge is 0.416 e. The monoisotopic (exact) mass is 301 g/mol. The van der Waals surface area contributed by atoms with Gasteiger partial charge in [0.05, 0.1) is 5.56 Å². The minimum Gasteiger partial charge on any atom is -0.480 e. The Morgan fingerprint density at radius 2 is 1.95 bits per heavy atom. The van der Waals surface area contributed by atoms with Crippen LogP contribution >= 0.6 is 0 Å². The summed E-state index contributed by atoms with van der Waals surface area (Å²) in [4.78, 5) is 23.5. The van der Waals surface area contributed by atoms with Crippen LogP contribution in [0.25, 0.3) is 0 Å². The van der Waals surface area contributed by atoms with Crippen molar-refractivity contribution in [2.45, 2.75) is 18.5 Å². The highest BCUT2D eigenvalue weighted by Gasteiger charge is 2.48. The second-order valence-electron chi connectivity index (χ2n) is 5.12. The van der Waals surface area contributed by atoms with Gasteiger partial charge in [-0.05, 0) is 24.0 Å². The summed E-state index contributed by atoms with van der Waals surface area (Å²) >= 11 is 0. The number of amides is 1. The molecule has 0 heterocycles. The number of hydrogen-bond donors (Lipinski definition) is 1. The number of hydrogen-bond acceptors (Lipinski definition) is 2. The van der Waals surface area contributed by atoms with E-state index in [2.05, 4.69) is 0 Å². The van der Waals surface area contributed by atoms with Crippen LogP contribution in [-0.2, 0) is 15.8 Å². The van der Waals surface area contributed by atoms with Gasteiger partial charge in [0, 0.05) is 13.0 Å². The number of nitrogens with zero attached hydrogens (tertiary/aromatic N) is 1. The van der Waals surface area contributed by atoms with Gasteiger partial charge in [-0.2, -0.15) is 13.2 Å². The summed E-state index contributed by atoms with van der Waals surface area (Å²) in [5, 5.41) is 8.63. The van der Waals surface area contributed by atoms with Crippen molar-refractivity contribution in [2.75, 3.05) is 13.6 Å². The second kappa shape index (κ2) is 5.38. The van der Waals surface area contributed by atoms with Gasteiger partial charge < -0.3 is 10.0 Å². The molecular formula is C14H14F3NO3. The molecule has 1 aromatic rings. The minimum absolute atomic E-state index is 0.104. The van der Waals surface area contributed by atoms with E-state index in [1.165, 1.54) is 25.2 Å². The van der Waals surface area contributed by atoms with E-state index in [1.807, 2.05) is 0 Å². The van der Waals surface area contributed by atoms with Crippen LogP contribution in [0.3, 0.4) is 0 Å². The van der Waals surface area contributed by atoms with Crippen molar-refractivity contribution in [3.63, 3.8) is 0 Å². The molecule has 2 rings (SSSR count). The van der Waals surface area contributed by atoms with Crippen LogP contribution in [-0.4, -0.2) is 35.5 Å². The van der Waals surface area contributed by atoms with Gasteiger partial charge in [-0.25, -0.2) is 0 Å². The maximum Gasteiger partial charge on any atom is 0.416 e. The maximum absolute atomic E-state index is 12.9. The third kappa shape index (κ3) is 3.34. The van der Waals surface area contributed by atoms with Gasteiger partial charge in [-0.1, -0.05) is 18.2 Å². The molecule has 0 aromatic heterocycles. The molecular weight excluding hydrogens is 287 g/mol. The van der Waals surface area contributed by atoms with E-state index in [1.54, 1.807) is 0 Å². The number of carboxylic acids is 1. The molecule has 1 aliphatic carbocycles. The first-order chi connectivity index (χ1) is 9.71. The van der Waals surface area contributed by atoms with Crippen molar-refractivity contribution in [1.29, 1.82) is 0 Å². The molecule has 1 amide bonds. The summed E-state index contributed by atoms with van der Waals surface area (Å²) < 4.78 is 38.8. The van der Waals surface area contributed by atoms with E-state index in [4.69, 9.17) is 5.11 Å². The van der Waals surface area contributed by atoms with Crippen molar-refractivity contribution in [3.05, 3.63) is 35.4 Å². The normalized spacial score (nSPS) is 21.0. The van der Waals surface area contributed by atoms with Crippen molar-refractivity contribution >= 4 is 11.9 Å². The van der Waals surface area contributed by atoms with E-state index in [-0.39, 0.29) is 5.56 Å². The Bertz CT molecular complexity index is 571. The van der Waals surface area contributed by atoms with Crippen molar-refractivity contribution in [2.24, 2.45) is 5.92 Å². The summed E-state index contributed by atoms with van der Waals surface area (Å²) in [5.41, 5.74) is -0.627. The fourth-order valence-corrected chi connectivity index (χ4v) is 2.45. The lowest BCUT2D eigenvalue weighted by Crippen LogP contribution is -2.33. The Morgan fingerprint density at radius 1 is 1.33 bits per heavy atom. The summed E-state index contributed by atoms with van der Waals surface area (Å²) in [6.45, 7) is -0.455. The SMILES string of the molecule is CN(CC(=O)O)C(=O)C1CC1c1ccccc1C(F)(F)F. The fraction of sp³-hybridized carbons (Fsp3) is 0.429. The van der Waals surface area contributed by atoms with Gasteiger partial charge in [-0.3, -0.25) is 9.59 Å². The predicted octanol–water partition coefficient (Wildman–Crippen LogP) is 2.35. The van der Waals surface area contributed by atoms with Crippen LogP contribution < -0.4 is 0 Å². The zero-order valence-corrected chi connectivity index (χ0v) is 11.2. The highest BCUT2D eigenvalue weighted by Crippen LogP contribution is 2.51. The van der Waals surface area contributed by atoms with Crippen LogP contribution in [0.1, 0.15) is 23.5 Å². The summed E-state index contributed by atoms with van der Waals surface area (Å²) in [6.07, 6.45) is -4.14. The Kier molecular flexibility index (Phi) is 3.93. The molecule has 4 nitrogen and oxygen atoms in total. The molecule has 1 saturated carbocycles. The van der Waals surface area contributed by atoms with E-state index in [0.717, 1.165) is 11.0 Å². The highest BCUT2D eigenvalue weighted by molar-refractivity contribution is 5.86. The number of rotatable bonds is 4. The molecule has 0 saturated heterocycles. The number of likely N-dealkylation sites (N-methyl/N-ethyl adjacent to an activating group) is 1. The lowest BCUT2D eigenvalue weighted by atomic mass is 10.0. The van der Waals surface area contributed by atoms with Crippen molar-refractivity contribution < 1.29 is 27.9 Å². The Morgan fingerprint density at radius 3 is 2.52 bits per heavy atom. The molecule has 2 unspecified atom stereocenters. The molecule has 114 valence electrons. The minimum atomic E-state index is -4.46. The molecule has 7 heteroatoms. The number of alkyl halides is 3. The number of carbonyl (C=O) groups is 2. The predicted molar refractivity (Wildman–Crippen MR) is 67.6 cm³/mol. The van der Waals surface area contributed by atoms with Gasteiger partial charge >= 0.3 is 12.1 Å². The lowest BCUT2D eigenvalue weighted by molar-refractivity contribution is -0.144. The van der Waals surface area contributed by atoms with E-state index < -0.39 is 42.0 Å². The summed E-state index contributed by atoms with van der Waals surface area (Å²) in [6, 6.07) is 5.18. The summed E-state index contributed by atoms with van der Waals surface area (Å²) in [7, 11) is 1.33. The molecule has 21 heavy (non-hydrogen) atoms. The molecule has 2 atom stereocenters. The van der Waals surface area contributed by atoms with Crippen LogP contribution in [0.2, 0.25) is 0 Å². The van der Waals surface area contributed by atoms with Crippen LogP contribution in [0.4, 0.5) is 13.2 Å². The number of aliphatic carboxylic acids is 1. The number of carbonyl (C=O) groups excluding carboxylic acids is 1. The van der Waals surface area contributed by atoms with Gasteiger partial charge in [0.25, 0.3) is 0 Å². The molecule has 0 spiro atoms. The van der Waals surface area contributed by atoms with E-state index in [0.29, 0.717) is 6.42 Å². The van der Waals surface area contributed by atoms with Gasteiger partial charge in [0.2, 0.25) is 5.91 Å². The van der Waals surface area contributed by atoms with Crippen LogP contribution in [0, 0.1) is 5.92 Å². The standard InChI is InChI=1S/C14H14F3NO3/c1-18(7-12(19)20)13(21)10-6-9(10)8-4-2-3-5-11(8)14(15,16)17/h2-5,9-10H,6-7H2,1H3,(H,19,20). The average Bonchev–Trinajstić information content (AvgIpc) is 3.16. The van der Waals surface area contributed by atoms with Crippen molar-refractivity contribution in [3.8, 4) is 0 Å². The third-order valence-electron chi connectivity index (χ3n) is 3.52. The lowest BCUT2D eigenvalue weighted by Gasteiger charge is -2.15. The first kappa shape index (κ1) is 15.3. The zero-order valence-electron chi connectivity index (χ0n) is 11.2. The first-order valence-corrected chi connectivity index (χ1v) is 6.34. The second-order valence-corrected chi connectivity index (χ2v) is 5.12. The maximum atomic E-state index is 12.9. The van der Waals surface area contributed by atoms with Gasteiger partial charge in [0.15, 0.2) is 0 Å². The Labute approximate surface area is 119 Å². The van der Waals surface area contributed by atoms with Crippen molar-refractivity contribution in [1.82, 2.24) is 4.90 Å². The summed E-state index contributed by atoms with van der Waals surface area (Å²) in [5.74, 6) is -2.65. The molecule has 1 fully saturated rings. The fourth-order valence-electron chi connectivity index (χ4n) is 2.45. The molecule has 0 bridgehead atoms. The molecule has 1 aromatic carbocycles.